The lowest BCUT2D eigenvalue weighted by atomic mass is 10.3. The topological polar surface area (TPSA) is 76.8 Å². The largest absolute Gasteiger partial charge is 0.464 e. The van der Waals surface area contributed by atoms with Crippen molar-refractivity contribution in [1.29, 1.82) is 0 Å². The van der Waals surface area contributed by atoms with Crippen LogP contribution in [-0.2, 0) is 14.3 Å². The molecule has 0 aromatic carbocycles. The van der Waals surface area contributed by atoms with Gasteiger partial charge in [-0.3, -0.25) is 14.5 Å². The number of imide groups is 1. The van der Waals surface area contributed by atoms with Gasteiger partial charge in [-0.1, -0.05) is 0 Å². The zero-order chi connectivity index (χ0) is 15.6. The third-order valence-electron chi connectivity index (χ3n) is 2.87. The Morgan fingerprint density at radius 1 is 1.48 bits per heavy atom. The standard InChI is InChI=1S/C14H15NO5S/c1-4-19-13(17)9(3)15-12(16)11(21-14(15)18)7-10-6-5-8(2)20-10/h5-7,9H,4H2,1-3H3/b11-7+/t9-/m1/s1. The molecule has 7 heteroatoms. The monoisotopic (exact) mass is 309 g/mol. The van der Waals surface area contributed by atoms with E-state index in [1.54, 1.807) is 26.0 Å². The highest BCUT2D eigenvalue weighted by Gasteiger charge is 2.41. The van der Waals surface area contributed by atoms with Crippen LogP contribution in [0.3, 0.4) is 0 Å². The molecule has 0 saturated carbocycles. The van der Waals surface area contributed by atoms with Crippen LogP contribution in [0.1, 0.15) is 25.4 Å². The van der Waals surface area contributed by atoms with Gasteiger partial charge >= 0.3 is 5.97 Å². The molecule has 21 heavy (non-hydrogen) atoms. The number of esters is 1. The van der Waals surface area contributed by atoms with Crippen molar-refractivity contribution in [3.05, 3.63) is 28.6 Å². The van der Waals surface area contributed by atoms with Crippen molar-refractivity contribution in [2.75, 3.05) is 6.61 Å². The maximum atomic E-state index is 12.2. The molecule has 112 valence electrons. The van der Waals surface area contributed by atoms with E-state index in [9.17, 15) is 14.4 Å². The Labute approximate surface area is 126 Å². The second-order valence-electron chi connectivity index (χ2n) is 4.43. The third kappa shape index (κ3) is 3.18. The van der Waals surface area contributed by atoms with E-state index in [4.69, 9.17) is 9.15 Å². The van der Waals surface area contributed by atoms with Crippen molar-refractivity contribution in [3.63, 3.8) is 0 Å². The van der Waals surface area contributed by atoms with Crippen LogP contribution >= 0.6 is 11.8 Å². The molecule has 1 fully saturated rings. The summed E-state index contributed by atoms with van der Waals surface area (Å²) in [6.45, 7) is 5.11. The van der Waals surface area contributed by atoms with Gasteiger partial charge < -0.3 is 9.15 Å². The molecule has 2 rings (SSSR count). The van der Waals surface area contributed by atoms with Crippen LogP contribution in [0.15, 0.2) is 21.5 Å². The molecular formula is C14H15NO5S. The van der Waals surface area contributed by atoms with E-state index in [-0.39, 0.29) is 11.5 Å². The summed E-state index contributed by atoms with van der Waals surface area (Å²) in [6.07, 6.45) is 1.50. The predicted octanol–water partition coefficient (Wildman–Crippen LogP) is 2.58. The van der Waals surface area contributed by atoms with E-state index >= 15 is 0 Å². The number of nitrogens with zero attached hydrogens (tertiary/aromatic N) is 1. The fraction of sp³-hybridized carbons (Fsp3) is 0.357. The van der Waals surface area contributed by atoms with Crippen molar-refractivity contribution in [3.8, 4) is 0 Å². The van der Waals surface area contributed by atoms with Crippen molar-refractivity contribution < 1.29 is 23.5 Å². The number of carbonyl (C=O) groups is 3. The van der Waals surface area contributed by atoms with Crippen molar-refractivity contribution >= 4 is 35.0 Å². The molecule has 0 bridgehead atoms. The van der Waals surface area contributed by atoms with E-state index in [0.29, 0.717) is 11.5 Å². The molecular weight excluding hydrogens is 294 g/mol. The molecule has 6 nitrogen and oxygen atoms in total. The number of furan rings is 1. The minimum absolute atomic E-state index is 0.195. The fourth-order valence-electron chi connectivity index (χ4n) is 1.84. The summed E-state index contributed by atoms with van der Waals surface area (Å²) in [6, 6.07) is 2.52. The number of carbonyl (C=O) groups excluding carboxylic acids is 3. The Morgan fingerprint density at radius 3 is 2.76 bits per heavy atom. The summed E-state index contributed by atoms with van der Waals surface area (Å²) in [5, 5.41) is -0.491. The lowest BCUT2D eigenvalue weighted by molar-refractivity contribution is -0.150. The number of thioether (sulfide) groups is 1. The highest BCUT2D eigenvalue weighted by Crippen LogP contribution is 2.34. The minimum atomic E-state index is -0.943. The molecule has 2 amide bonds. The van der Waals surface area contributed by atoms with E-state index in [1.165, 1.54) is 13.0 Å². The summed E-state index contributed by atoms with van der Waals surface area (Å²) >= 11 is 0.780. The lowest BCUT2D eigenvalue weighted by Crippen LogP contribution is -2.42. The third-order valence-corrected chi connectivity index (χ3v) is 3.76. The molecule has 0 N–H and O–H groups in total. The summed E-state index contributed by atoms with van der Waals surface area (Å²) in [5.41, 5.74) is 0. The molecule has 0 radical (unpaired) electrons. The Morgan fingerprint density at radius 2 is 2.19 bits per heavy atom. The van der Waals surface area contributed by atoms with E-state index < -0.39 is 23.2 Å². The van der Waals surface area contributed by atoms with E-state index in [0.717, 1.165) is 16.7 Å². The Balaban J connectivity index is 2.20. The molecule has 1 atom stereocenters. The van der Waals surface area contributed by atoms with Crippen molar-refractivity contribution in [2.45, 2.75) is 26.8 Å². The molecule has 1 aromatic heterocycles. The number of ether oxygens (including phenoxy) is 1. The van der Waals surface area contributed by atoms with Gasteiger partial charge in [0.05, 0.1) is 11.5 Å². The first kappa shape index (κ1) is 15.4. The maximum absolute atomic E-state index is 12.2. The van der Waals surface area contributed by atoms with Crippen LogP contribution in [-0.4, -0.2) is 34.7 Å². The first-order valence-corrected chi connectivity index (χ1v) is 7.25. The first-order chi connectivity index (χ1) is 9.93. The smallest absolute Gasteiger partial charge is 0.329 e. The van der Waals surface area contributed by atoms with Gasteiger partial charge in [0.2, 0.25) is 0 Å². The Kier molecular flexibility index (Phi) is 4.52. The van der Waals surface area contributed by atoms with Crippen LogP contribution in [0.2, 0.25) is 0 Å². The highest BCUT2D eigenvalue weighted by molar-refractivity contribution is 8.18. The van der Waals surface area contributed by atoms with Crippen LogP contribution < -0.4 is 0 Å². The van der Waals surface area contributed by atoms with Gasteiger partial charge in [-0.2, -0.15) is 0 Å². The van der Waals surface area contributed by atoms with Gasteiger partial charge in [-0.05, 0) is 44.7 Å². The van der Waals surface area contributed by atoms with Crippen molar-refractivity contribution in [1.82, 2.24) is 4.90 Å². The van der Waals surface area contributed by atoms with Gasteiger partial charge in [0, 0.05) is 6.08 Å². The molecule has 1 aliphatic heterocycles. The molecule has 0 unspecified atom stereocenters. The van der Waals surface area contributed by atoms with E-state index in [2.05, 4.69) is 0 Å². The molecule has 1 aromatic rings. The van der Waals surface area contributed by atoms with Gasteiger partial charge in [-0.25, -0.2) is 4.79 Å². The van der Waals surface area contributed by atoms with Gasteiger partial charge in [-0.15, -0.1) is 0 Å². The number of rotatable bonds is 4. The molecule has 1 saturated heterocycles. The SMILES string of the molecule is CCOC(=O)[C@@H](C)N1C(=O)S/C(=C/c2ccc(C)o2)C1=O. The zero-order valence-electron chi connectivity index (χ0n) is 11.9. The average Bonchev–Trinajstić information content (AvgIpc) is 2.94. The van der Waals surface area contributed by atoms with Gasteiger partial charge in [0.25, 0.3) is 11.1 Å². The number of hydrogen-bond acceptors (Lipinski definition) is 6. The van der Waals surface area contributed by atoms with Crippen LogP contribution in [0, 0.1) is 6.92 Å². The van der Waals surface area contributed by atoms with Gasteiger partial charge in [0.1, 0.15) is 17.6 Å². The normalized spacial score (nSPS) is 18.4. The summed E-state index contributed by atoms with van der Waals surface area (Å²) in [5.74, 6) is 0.0802. The second-order valence-corrected chi connectivity index (χ2v) is 5.42. The van der Waals surface area contributed by atoms with Crippen LogP contribution in [0.5, 0.6) is 0 Å². The number of amides is 2. The maximum Gasteiger partial charge on any atom is 0.329 e. The summed E-state index contributed by atoms with van der Waals surface area (Å²) < 4.78 is 10.2. The minimum Gasteiger partial charge on any atom is -0.464 e. The average molecular weight is 309 g/mol. The quantitative estimate of drug-likeness (QED) is 0.628. The number of hydrogen-bond donors (Lipinski definition) is 0. The lowest BCUT2D eigenvalue weighted by Gasteiger charge is -2.19. The summed E-state index contributed by atoms with van der Waals surface area (Å²) in [7, 11) is 0. The predicted molar refractivity (Wildman–Crippen MR) is 77.4 cm³/mol. The van der Waals surface area contributed by atoms with Crippen LogP contribution in [0.25, 0.3) is 6.08 Å². The molecule has 0 spiro atoms. The molecule has 0 aliphatic carbocycles. The molecule has 1 aliphatic rings. The first-order valence-electron chi connectivity index (χ1n) is 6.44. The summed E-state index contributed by atoms with van der Waals surface area (Å²) in [4.78, 5) is 37.0. The Bertz CT molecular complexity index is 619. The zero-order valence-corrected chi connectivity index (χ0v) is 12.7. The molecule has 2 heterocycles. The number of aryl methyl sites for hydroxylation is 1. The highest BCUT2D eigenvalue weighted by atomic mass is 32.2. The van der Waals surface area contributed by atoms with Gasteiger partial charge in [0.15, 0.2) is 0 Å². The van der Waals surface area contributed by atoms with E-state index in [1.807, 2.05) is 0 Å². The second kappa shape index (κ2) is 6.17. The fourth-order valence-corrected chi connectivity index (χ4v) is 2.73. The Hall–Kier alpha value is -2.02. The van der Waals surface area contributed by atoms with Crippen LogP contribution in [0.4, 0.5) is 4.79 Å². The van der Waals surface area contributed by atoms with Crippen molar-refractivity contribution in [2.24, 2.45) is 0 Å².